The van der Waals surface area contributed by atoms with Crippen molar-refractivity contribution in [3.05, 3.63) is 30.1 Å². The molecule has 4 aliphatic rings. The Kier molecular flexibility index (Phi) is 5.06. The Hall–Kier alpha value is -2.37. The zero-order valence-corrected chi connectivity index (χ0v) is 18.9. The molecule has 6 rings (SSSR count). The van der Waals surface area contributed by atoms with Crippen molar-refractivity contribution in [1.82, 2.24) is 14.3 Å². The summed E-state index contributed by atoms with van der Waals surface area (Å²) >= 11 is 0. The van der Waals surface area contributed by atoms with E-state index in [1.54, 1.807) is 18.1 Å². The summed E-state index contributed by atoms with van der Waals surface area (Å²) in [6.45, 7) is 4.86. The molecular weight excluding hydrogens is 388 g/mol. The minimum Gasteiger partial charge on any atom is -0.340 e. The summed E-state index contributed by atoms with van der Waals surface area (Å²) in [6, 6.07) is 5.64. The molecular formula is C25H34N4O2. The van der Waals surface area contributed by atoms with Crippen molar-refractivity contribution >= 4 is 23.3 Å². The van der Waals surface area contributed by atoms with Crippen LogP contribution in [0.4, 0.5) is 5.82 Å². The van der Waals surface area contributed by atoms with Crippen LogP contribution in [0.1, 0.15) is 69.3 Å². The van der Waals surface area contributed by atoms with Crippen molar-refractivity contribution in [2.24, 2.45) is 29.1 Å². The molecule has 2 heterocycles. The van der Waals surface area contributed by atoms with Gasteiger partial charge in [0.2, 0.25) is 5.91 Å². The molecule has 0 saturated heterocycles. The van der Waals surface area contributed by atoms with Crippen LogP contribution in [0, 0.1) is 29.1 Å². The predicted octanol–water partition coefficient (Wildman–Crippen LogP) is 4.61. The van der Waals surface area contributed by atoms with E-state index in [1.807, 2.05) is 22.6 Å². The van der Waals surface area contributed by atoms with Crippen LogP contribution in [0.5, 0.6) is 0 Å². The van der Waals surface area contributed by atoms with E-state index in [9.17, 15) is 9.59 Å². The fourth-order valence-corrected chi connectivity index (χ4v) is 7.08. The van der Waals surface area contributed by atoms with Gasteiger partial charge in [-0.25, -0.2) is 4.98 Å². The molecule has 0 aromatic carbocycles. The second kappa shape index (κ2) is 7.64. The van der Waals surface area contributed by atoms with Crippen molar-refractivity contribution in [3.63, 3.8) is 0 Å². The molecule has 1 N–H and O–H groups in total. The predicted molar refractivity (Wildman–Crippen MR) is 121 cm³/mol. The molecule has 2 aromatic rings. The number of nitrogens with zero attached hydrogens (tertiary/aromatic N) is 3. The van der Waals surface area contributed by atoms with Gasteiger partial charge in [0, 0.05) is 26.2 Å². The van der Waals surface area contributed by atoms with Crippen LogP contribution < -0.4 is 5.32 Å². The topological polar surface area (TPSA) is 66.7 Å². The molecule has 4 bridgehead atoms. The maximum Gasteiger partial charge on any atom is 0.273 e. The minimum atomic E-state index is -0.0942. The van der Waals surface area contributed by atoms with Crippen LogP contribution in [0.15, 0.2) is 24.4 Å². The molecule has 0 atom stereocenters. The standard InChI is InChI=1S/C25H34N4O2/c1-16(2)14-28(3)24(31)20-15-29-21(26-20)5-4-6-22(29)27-23(30)13-25-10-17-7-18(11-25)9-19(8-17)12-25/h4-6,15-19H,7-14H2,1-3H3,(H,27,30). The number of nitrogens with one attached hydrogen (secondary N) is 1. The normalized spacial score (nSPS) is 29.0. The first kappa shape index (κ1) is 20.5. The summed E-state index contributed by atoms with van der Waals surface area (Å²) in [6.07, 6.45) is 10.2. The van der Waals surface area contributed by atoms with Gasteiger partial charge in [0.25, 0.3) is 5.91 Å². The van der Waals surface area contributed by atoms with Crippen molar-refractivity contribution in [2.75, 3.05) is 18.9 Å². The monoisotopic (exact) mass is 422 g/mol. The number of amides is 2. The lowest BCUT2D eigenvalue weighted by atomic mass is 9.49. The lowest BCUT2D eigenvalue weighted by Crippen LogP contribution is -2.47. The third kappa shape index (κ3) is 3.97. The van der Waals surface area contributed by atoms with Gasteiger partial charge in [0.15, 0.2) is 0 Å². The van der Waals surface area contributed by atoms with Crippen LogP contribution in [0.25, 0.3) is 5.65 Å². The third-order valence-electron chi connectivity index (χ3n) is 7.67. The van der Waals surface area contributed by atoms with E-state index in [0.717, 1.165) is 17.8 Å². The minimum absolute atomic E-state index is 0.0907. The van der Waals surface area contributed by atoms with Gasteiger partial charge in [-0.2, -0.15) is 0 Å². The molecule has 0 radical (unpaired) electrons. The molecule has 2 aromatic heterocycles. The second-order valence-electron chi connectivity index (χ2n) is 11.0. The van der Waals surface area contributed by atoms with Gasteiger partial charge >= 0.3 is 0 Å². The number of pyridine rings is 1. The Labute approximate surface area is 184 Å². The van der Waals surface area contributed by atoms with Crippen molar-refractivity contribution in [1.29, 1.82) is 0 Å². The molecule has 0 aliphatic heterocycles. The average molecular weight is 423 g/mol. The third-order valence-corrected chi connectivity index (χ3v) is 7.67. The number of aromatic nitrogens is 2. The fourth-order valence-electron chi connectivity index (χ4n) is 7.08. The highest BCUT2D eigenvalue weighted by molar-refractivity contribution is 5.94. The number of hydrogen-bond donors (Lipinski definition) is 1. The highest BCUT2D eigenvalue weighted by atomic mass is 16.2. The van der Waals surface area contributed by atoms with Crippen LogP contribution in [-0.4, -0.2) is 39.7 Å². The molecule has 6 nitrogen and oxygen atoms in total. The molecule has 0 unspecified atom stereocenters. The zero-order chi connectivity index (χ0) is 21.8. The van der Waals surface area contributed by atoms with Gasteiger partial charge < -0.3 is 10.2 Å². The number of hydrogen-bond acceptors (Lipinski definition) is 3. The Bertz CT molecular complexity index is 973. The lowest BCUT2D eigenvalue weighted by molar-refractivity contribution is -0.124. The molecule has 2 amide bonds. The molecule has 6 heteroatoms. The number of fused-ring (bicyclic) bond motifs is 1. The Morgan fingerprint density at radius 2 is 1.81 bits per heavy atom. The van der Waals surface area contributed by atoms with Crippen LogP contribution >= 0.6 is 0 Å². The number of carbonyl (C=O) groups excluding carboxylic acids is 2. The first-order valence-corrected chi connectivity index (χ1v) is 11.8. The van der Waals surface area contributed by atoms with Crippen molar-refractivity contribution < 1.29 is 9.59 Å². The Morgan fingerprint density at radius 1 is 1.16 bits per heavy atom. The Balaban J connectivity index is 1.32. The summed E-state index contributed by atoms with van der Waals surface area (Å²) in [7, 11) is 1.81. The van der Waals surface area contributed by atoms with Gasteiger partial charge in [-0.1, -0.05) is 19.9 Å². The van der Waals surface area contributed by atoms with Gasteiger partial charge in [-0.15, -0.1) is 0 Å². The van der Waals surface area contributed by atoms with Crippen LogP contribution in [0.2, 0.25) is 0 Å². The molecule has 0 spiro atoms. The highest BCUT2D eigenvalue weighted by Crippen LogP contribution is 2.61. The van der Waals surface area contributed by atoms with E-state index in [4.69, 9.17) is 0 Å². The van der Waals surface area contributed by atoms with E-state index < -0.39 is 0 Å². The molecule has 31 heavy (non-hydrogen) atoms. The van der Waals surface area contributed by atoms with E-state index >= 15 is 0 Å². The van der Waals surface area contributed by atoms with Gasteiger partial charge in [-0.05, 0) is 79.7 Å². The quantitative estimate of drug-likeness (QED) is 0.739. The number of imidazole rings is 1. The summed E-state index contributed by atoms with van der Waals surface area (Å²) < 4.78 is 1.83. The van der Waals surface area contributed by atoms with Crippen molar-refractivity contribution in [2.45, 2.75) is 58.8 Å². The fraction of sp³-hybridized carbons (Fsp3) is 0.640. The summed E-state index contributed by atoms with van der Waals surface area (Å²) in [5, 5.41) is 3.13. The molecule has 4 saturated carbocycles. The van der Waals surface area contributed by atoms with E-state index in [0.29, 0.717) is 36.0 Å². The number of rotatable bonds is 6. The largest absolute Gasteiger partial charge is 0.340 e. The van der Waals surface area contributed by atoms with Crippen molar-refractivity contribution in [3.8, 4) is 0 Å². The highest BCUT2D eigenvalue weighted by Gasteiger charge is 2.51. The number of carbonyl (C=O) groups is 2. The SMILES string of the molecule is CC(C)CN(C)C(=O)c1cn2c(NC(=O)CC34CC5CC(CC(C5)C3)C4)cccc2n1. The van der Waals surface area contributed by atoms with Crippen LogP contribution in [-0.2, 0) is 4.79 Å². The van der Waals surface area contributed by atoms with Gasteiger partial charge in [-0.3, -0.25) is 14.0 Å². The summed E-state index contributed by atoms with van der Waals surface area (Å²) in [4.78, 5) is 32.1. The molecule has 4 fully saturated rings. The maximum absolute atomic E-state index is 13.1. The lowest BCUT2D eigenvalue weighted by Gasteiger charge is -2.56. The smallest absolute Gasteiger partial charge is 0.273 e. The van der Waals surface area contributed by atoms with E-state index in [-0.39, 0.29) is 17.2 Å². The van der Waals surface area contributed by atoms with E-state index in [1.165, 1.54) is 38.5 Å². The molecule has 166 valence electrons. The summed E-state index contributed by atoms with van der Waals surface area (Å²) in [5.74, 6) is 3.60. The summed E-state index contributed by atoms with van der Waals surface area (Å²) in [5.41, 5.74) is 1.29. The first-order valence-electron chi connectivity index (χ1n) is 11.8. The maximum atomic E-state index is 13.1. The molecule has 4 aliphatic carbocycles. The van der Waals surface area contributed by atoms with E-state index in [2.05, 4.69) is 24.1 Å². The van der Waals surface area contributed by atoms with Gasteiger partial charge in [0.1, 0.15) is 17.2 Å². The first-order chi connectivity index (χ1) is 14.8. The Morgan fingerprint density at radius 3 is 2.42 bits per heavy atom. The zero-order valence-electron chi connectivity index (χ0n) is 18.9. The average Bonchev–Trinajstić information content (AvgIpc) is 3.10. The van der Waals surface area contributed by atoms with Gasteiger partial charge in [0.05, 0.1) is 0 Å². The number of anilines is 1. The second-order valence-corrected chi connectivity index (χ2v) is 11.0. The van der Waals surface area contributed by atoms with Crippen LogP contribution in [0.3, 0.4) is 0 Å².